The summed E-state index contributed by atoms with van der Waals surface area (Å²) in [4.78, 5) is 15.3. The van der Waals surface area contributed by atoms with Gasteiger partial charge >= 0.3 is 0 Å². The van der Waals surface area contributed by atoms with Crippen molar-refractivity contribution in [3.63, 3.8) is 0 Å². The molecular weight excluding hydrogens is 589 g/mol. The SMILES string of the molecule is N#Cc1ccc(-c2nc(-n3c4c5ccccc5ccc4c4cc5c6ccccc6n6c7ccccc7c(c43)c56)nc3cccnc23)cc1. The minimum atomic E-state index is 0.578. The first kappa shape index (κ1) is 25.4. The minimum absolute atomic E-state index is 0.578. The molecule has 0 fully saturated rings. The van der Waals surface area contributed by atoms with E-state index in [1.165, 1.54) is 38.1 Å². The number of hydrogen-bond donors (Lipinski definition) is 0. The van der Waals surface area contributed by atoms with E-state index in [-0.39, 0.29) is 0 Å². The summed E-state index contributed by atoms with van der Waals surface area (Å²) in [5, 5.41) is 18.9. The van der Waals surface area contributed by atoms with Gasteiger partial charge in [0.1, 0.15) is 11.2 Å². The molecule has 0 saturated carbocycles. The Balaban J connectivity index is 1.40. The van der Waals surface area contributed by atoms with Crippen LogP contribution in [0.25, 0.3) is 98.9 Å². The van der Waals surface area contributed by atoms with Crippen LogP contribution >= 0.6 is 0 Å². The molecule has 0 aliphatic rings. The molecule has 0 amide bonds. The lowest BCUT2D eigenvalue weighted by atomic mass is 10.0. The van der Waals surface area contributed by atoms with E-state index in [4.69, 9.17) is 15.0 Å². The van der Waals surface area contributed by atoms with Gasteiger partial charge in [0, 0.05) is 49.5 Å². The molecule has 6 aromatic carbocycles. The van der Waals surface area contributed by atoms with E-state index in [0.29, 0.717) is 17.0 Å². The summed E-state index contributed by atoms with van der Waals surface area (Å²) in [5.74, 6) is 0.578. The highest BCUT2D eigenvalue weighted by Gasteiger charge is 2.26. The average Bonchev–Trinajstić information content (AvgIpc) is 3.79. The second-order valence-corrected chi connectivity index (χ2v) is 12.4. The Morgan fingerprint density at radius 2 is 1.29 bits per heavy atom. The van der Waals surface area contributed by atoms with Gasteiger partial charge in [-0.3, -0.25) is 9.55 Å². The fourth-order valence-corrected chi connectivity index (χ4v) is 7.92. The molecule has 5 heterocycles. The number of para-hydroxylation sites is 2. The first-order chi connectivity index (χ1) is 23.8. The first-order valence-corrected chi connectivity index (χ1v) is 15.9. The maximum Gasteiger partial charge on any atom is 0.235 e. The highest BCUT2D eigenvalue weighted by molar-refractivity contribution is 6.35. The van der Waals surface area contributed by atoms with E-state index in [2.05, 4.69) is 106 Å². The Morgan fingerprint density at radius 1 is 0.562 bits per heavy atom. The van der Waals surface area contributed by atoms with Crippen molar-refractivity contribution in [2.24, 2.45) is 0 Å². The zero-order valence-electron chi connectivity index (χ0n) is 25.4. The number of nitrogens with zero attached hydrogens (tertiary/aromatic N) is 6. The standard InChI is InChI=1S/C42H22N6/c43-23-24-15-17-26(18-16-24)37-38-33(12-7-21-44-38)45-42(46-37)48-39-27-9-2-1-8-25(27)19-20-29(39)32-22-31-28-10-3-5-13-34(28)47-35-14-6-4-11-30(35)36(40(31)47)41(32)48/h1-22H. The zero-order chi connectivity index (χ0) is 31.5. The first-order valence-electron chi connectivity index (χ1n) is 15.9. The van der Waals surface area contributed by atoms with Crippen molar-refractivity contribution in [1.29, 1.82) is 5.26 Å². The van der Waals surface area contributed by atoms with Crippen molar-refractivity contribution >= 4 is 81.7 Å². The lowest BCUT2D eigenvalue weighted by Gasteiger charge is -2.12. The average molecular weight is 611 g/mol. The molecule has 0 spiro atoms. The molecule has 48 heavy (non-hydrogen) atoms. The molecule has 0 unspecified atom stereocenters. The van der Waals surface area contributed by atoms with Gasteiger partial charge in [0.25, 0.3) is 0 Å². The molecule has 0 atom stereocenters. The highest BCUT2D eigenvalue weighted by Crippen LogP contribution is 2.47. The second kappa shape index (κ2) is 9.12. The zero-order valence-corrected chi connectivity index (χ0v) is 25.4. The molecule has 0 saturated heterocycles. The van der Waals surface area contributed by atoms with Crippen molar-refractivity contribution in [2.45, 2.75) is 0 Å². The van der Waals surface area contributed by atoms with Crippen molar-refractivity contribution in [3.05, 3.63) is 139 Å². The van der Waals surface area contributed by atoms with Gasteiger partial charge in [0.2, 0.25) is 5.95 Å². The third-order valence-corrected chi connectivity index (χ3v) is 9.91. The summed E-state index contributed by atoms with van der Waals surface area (Å²) in [6.07, 6.45) is 1.78. The number of benzene rings is 6. The van der Waals surface area contributed by atoms with E-state index in [0.717, 1.165) is 49.4 Å². The van der Waals surface area contributed by atoms with Gasteiger partial charge in [0.05, 0.1) is 44.7 Å². The Labute approximate surface area is 272 Å². The van der Waals surface area contributed by atoms with Gasteiger partial charge in [0.15, 0.2) is 0 Å². The second-order valence-electron chi connectivity index (χ2n) is 12.4. The number of aromatic nitrogens is 5. The molecule has 6 nitrogen and oxygen atoms in total. The van der Waals surface area contributed by atoms with Gasteiger partial charge in [-0.15, -0.1) is 0 Å². The van der Waals surface area contributed by atoms with E-state index in [1.807, 2.05) is 36.4 Å². The van der Waals surface area contributed by atoms with E-state index >= 15 is 0 Å². The van der Waals surface area contributed by atoms with Crippen LogP contribution in [0.5, 0.6) is 0 Å². The fourth-order valence-electron chi connectivity index (χ4n) is 7.92. The molecule has 0 radical (unpaired) electrons. The van der Waals surface area contributed by atoms with Crippen LogP contribution in [0, 0.1) is 11.3 Å². The quantitative estimate of drug-likeness (QED) is 0.195. The molecule has 6 heteroatoms. The molecule has 220 valence electrons. The largest absolute Gasteiger partial charge is 0.308 e. The number of nitriles is 1. The molecule has 0 bridgehead atoms. The van der Waals surface area contributed by atoms with Crippen molar-refractivity contribution in [2.75, 3.05) is 0 Å². The molecule has 11 aromatic rings. The maximum atomic E-state index is 9.48. The van der Waals surface area contributed by atoms with Crippen LogP contribution in [-0.2, 0) is 0 Å². The van der Waals surface area contributed by atoms with E-state index in [1.54, 1.807) is 6.20 Å². The minimum Gasteiger partial charge on any atom is -0.308 e. The van der Waals surface area contributed by atoms with Crippen molar-refractivity contribution in [3.8, 4) is 23.3 Å². The Morgan fingerprint density at radius 3 is 2.12 bits per heavy atom. The maximum absolute atomic E-state index is 9.48. The smallest absolute Gasteiger partial charge is 0.235 e. The van der Waals surface area contributed by atoms with E-state index < -0.39 is 0 Å². The summed E-state index contributed by atoms with van der Waals surface area (Å²) in [5.41, 5.74) is 9.40. The highest BCUT2D eigenvalue weighted by atomic mass is 15.2. The molecule has 11 rings (SSSR count). The molecule has 0 aliphatic heterocycles. The summed E-state index contributed by atoms with van der Waals surface area (Å²) >= 11 is 0. The number of hydrogen-bond acceptors (Lipinski definition) is 4. The number of pyridine rings is 1. The Bertz CT molecular complexity index is 3180. The van der Waals surface area contributed by atoms with Crippen LogP contribution in [0.15, 0.2) is 134 Å². The lowest BCUT2D eigenvalue weighted by molar-refractivity contribution is 1.02. The van der Waals surface area contributed by atoms with Crippen LogP contribution < -0.4 is 0 Å². The molecular formula is C42H22N6. The predicted octanol–water partition coefficient (Wildman–Crippen LogP) is 9.96. The van der Waals surface area contributed by atoms with Crippen LogP contribution in [0.3, 0.4) is 0 Å². The van der Waals surface area contributed by atoms with Crippen LogP contribution in [-0.4, -0.2) is 23.9 Å². The summed E-state index contributed by atoms with van der Waals surface area (Å²) < 4.78 is 4.70. The van der Waals surface area contributed by atoms with Crippen molar-refractivity contribution < 1.29 is 0 Å². The third-order valence-electron chi connectivity index (χ3n) is 9.91. The fraction of sp³-hybridized carbons (Fsp3) is 0. The molecule has 0 N–H and O–H groups in total. The van der Waals surface area contributed by atoms with Gasteiger partial charge in [-0.25, -0.2) is 9.97 Å². The summed E-state index contributed by atoms with van der Waals surface area (Å²) in [7, 11) is 0. The van der Waals surface area contributed by atoms with Crippen molar-refractivity contribution in [1.82, 2.24) is 23.9 Å². The summed E-state index contributed by atoms with van der Waals surface area (Å²) in [6.45, 7) is 0. The molecule has 0 aliphatic carbocycles. The normalized spacial score (nSPS) is 12.1. The van der Waals surface area contributed by atoms with E-state index in [9.17, 15) is 5.26 Å². The third kappa shape index (κ3) is 3.17. The van der Waals surface area contributed by atoms with Gasteiger partial charge in [-0.05, 0) is 47.9 Å². The Hall–Kier alpha value is -6.84. The van der Waals surface area contributed by atoms with Gasteiger partial charge in [-0.1, -0.05) is 84.9 Å². The monoisotopic (exact) mass is 610 g/mol. The van der Waals surface area contributed by atoms with Crippen LogP contribution in [0.1, 0.15) is 5.56 Å². The Kier molecular flexibility index (Phi) is 4.82. The predicted molar refractivity (Wildman–Crippen MR) is 194 cm³/mol. The number of rotatable bonds is 2. The summed E-state index contributed by atoms with van der Waals surface area (Å²) in [6, 6.07) is 46.5. The van der Waals surface area contributed by atoms with Gasteiger partial charge in [-0.2, -0.15) is 5.26 Å². The van der Waals surface area contributed by atoms with Crippen LogP contribution in [0.4, 0.5) is 0 Å². The lowest BCUT2D eigenvalue weighted by Crippen LogP contribution is -2.04. The topological polar surface area (TPSA) is 71.8 Å². The molecule has 5 aromatic heterocycles. The van der Waals surface area contributed by atoms with Crippen LogP contribution in [0.2, 0.25) is 0 Å². The number of fused-ring (bicyclic) bond motifs is 13. The van der Waals surface area contributed by atoms with Gasteiger partial charge < -0.3 is 4.40 Å².